The number of aromatic hydroxyl groups is 1. The molecule has 1 unspecified atom stereocenters. The minimum absolute atomic E-state index is 0.315. The van der Waals surface area contributed by atoms with Crippen molar-refractivity contribution in [2.45, 2.75) is 6.54 Å². The summed E-state index contributed by atoms with van der Waals surface area (Å²) >= 11 is 0. The Labute approximate surface area is 109 Å². The molecule has 1 aliphatic rings. The molecule has 1 saturated heterocycles. The fourth-order valence-electron chi connectivity index (χ4n) is 2.05. The minimum Gasteiger partial charge on any atom is -0.505 e. The van der Waals surface area contributed by atoms with Gasteiger partial charge in [0.15, 0.2) is 11.6 Å². The summed E-state index contributed by atoms with van der Waals surface area (Å²) in [5, 5.41) is 9.12. The van der Waals surface area contributed by atoms with E-state index in [4.69, 9.17) is 5.11 Å². The van der Waals surface area contributed by atoms with Gasteiger partial charge in [-0.15, -0.1) is 0 Å². The second kappa shape index (κ2) is 5.77. The van der Waals surface area contributed by atoms with Crippen molar-refractivity contribution in [3.63, 3.8) is 0 Å². The molecule has 0 saturated carbocycles. The molecule has 0 amide bonds. The Morgan fingerprint density at radius 3 is 2.56 bits per heavy atom. The van der Waals surface area contributed by atoms with Gasteiger partial charge < -0.3 is 5.11 Å². The third-order valence-corrected chi connectivity index (χ3v) is 4.21. The zero-order valence-electron chi connectivity index (χ0n) is 10.3. The number of phenols is 1. The summed E-state index contributed by atoms with van der Waals surface area (Å²) in [6, 6.07) is 4.46. The highest BCUT2D eigenvalue weighted by Gasteiger charge is 2.19. The number of nitrogens with zero attached hydrogens (tertiary/aromatic N) is 2. The molecule has 0 aliphatic carbocycles. The minimum atomic E-state index is -0.907. The highest BCUT2D eigenvalue weighted by molar-refractivity contribution is 7.81. The normalized spacial score (nSPS) is 19.9. The molecule has 100 valence electrons. The van der Waals surface area contributed by atoms with Crippen molar-refractivity contribution >= 4 is 11.0 Å². The fourth-order valence-corrected chi connectivity index (χ4v) is 2.73. The number of hydrogen-bond donors (Lipinski definition) is 1. The first-order valence-corrected chi connectivity index (χ1v) is 7.36. The molecule has 18 heavy (non-hydrogen) atoms. The zero-order chi connectivity index (χ0) is 13.1. The third kappa shape index (κ3) is 3.28. The molecule has 1 aromatic rings. The largest absolute Gasteiger partial charge is 0.505 e. The van der Waals surface area contributed by atoms with Crippen LogP contribution in [0.5, 0.6) is 5.75 Å². The molecule has 6 heteroatoms. The van der Waals surface area contributed by atoms with E-state index in [1.165, 1.54) is 12.1 Å². The van der Waals surface area contributed by atoms with Gasteiger partial charge in [0, 0.05) is 39.0 Å². The second-order valence-electron chi connectivity index (χ2n) is 4.41. The van der Waals surface area contributed by atoms with Crippen molar-refractivity contribution in [1.82, 2.24) is 9.21 Å². The zero-order valence-corrected chi connectivity index (χ0v) is 11.1. The predicted molar refractivity (Wildman–Crippen MR) is 69.0 cm³/mol. The van der Waals surface area contributed by atoms with Crippen molar-refractivity contribution in [3.05, 3.63) is 29.6 Å². The Hall–Kier alpha value is -0.980. The average Bonchev–Trinajstić information content (AvgIpc) is 2.34. The Morgan fingerprint density at radius 2 is 2.00 bits per heavy atom. The van der Waals surface area contributed by atoms with E-state index in [-0.39, 0.29) is 5.75 Å². The Morgan fingerprint density at radius 1 is 1.33 bits per heavy atom. The lowest BCUT2D eigenvalue weighted by atomic mass is 10.2. The molecule has 1 atom stereocenters. The molecule has 0 bridgehead atoms. The van der Waals surface area contributed by atoms with E-state index < -0.39 is 16.8 Å². The maximum Gasteiger partial charge on any atom is 0.165 e. The molecule has 0 aromatic heterocycles. The highest BCUT2D eigenvalue weighted by atomic mass is 32.2. The van der Waals surface area contributed by atoms with Crippen LogP contribution in [0.2, 0.25) is 0 Å². The van der Waals surface area contributed by atoms with Crippen LogP contribution < -0.4 is 0 Å². The van der Waals surface area contributed by atoms with E-state index in [1.54, 1.807) is 12.3 Å². The van der Waals surface area contributed by atoms with Gasteiger partial charge in [-0.2, -0.15) is 0 Å². The first-order valence-electron chi connectivity index (χ1n) is 5.84. The van der Waals surface area contributed by atoms with Crippen LogP contribution in [0.3, 0.4) is 0 Å². The summed E-state index contributed by atoms with van der Waals surface area (Å²) in [6.45, 7) is 3.83. The Kier molecular flexibility index (Phi) is 4.31. The molecule has 1 N–H and O–H groups in total. The van der Waals surface area contributed by atoms with E-state index in [2.05, 4.69) is 4.90 Å². The molecule has 2 rings (SSSR count). The number of halogens is 1. The molecular weight excluding hydrogens is 255 g/mol. The fraction of sp³-hybridized carbons (Fsp3) is 0.500. The van der Waals surface area contributed by atoms with Crippen LogP contribution >= 0.6 is 0 Å². The van der Waals surface area contributed by atoms with Crippen molar-refractivity contribution in [3.8, 4) is 5.75 Å². The van der Waals surface area contributed by atoms with Crippen LogP contribution in [-0.2, 0) is 17.5 Å². The SMILES string of the molecule is CS(=O)N1CCN(Cc2ccc(O)c(F)c2)CC1. The van der Waals surface area contributed by atoms with Crippen LogP contribution in [0.25, 0.3) is 0 Å². The maximum atomic E-state index is 13.2. The first-order chi connectivity index (χ1) is 8.56. The summed E-state index contributed by atoms with van der Waals surface area (Å²) in [5.74, 6) is -0.897. The van der Waals surface area contributed by atoms with Crippen LogP contribution in [0.4, 0.5) is 4.39 Å². The van der Waals surface area contributed by atoms with E-state index in [0.717, 1.165) is 31.7 Å². The standard InChI is InChI=1S/C12H17FN2O2S/c1-18(17)15-6-4-14(5-7-15)9-10-2-3-12(16)11(13)8-10/h2-3,8,16H,4-7,9H2,1H3. The number of hydrogen-bond acceptors (Lipinski definition) is 3. The molecule has 0 radical (unpaired) electrons. The number of phenolic OH excluding ortho intramolecular Hbond substituents is 1. The van der Waals surface area contributed by atoms with Gasteiger partial charge in [-0.25, -0.2) is 12.9 Å². The summed E-state index contributed by atoms with van der Waals surface area (Å²) in [4.78, 5) is 2.19. The Bertz CT molecular complexity index is 448. The van der Waals surface area contributed by atoms with Crippen LogP contribution in [-0.4, -0.2) is 51.0 Å². The monoisotopic (exact) mass is 272 g/mol. The van der Waals surface area contributed by atoms with Crippen LogP contribution in [0.1, 0.15) is 5.56 Å². The summed E-state index contributed by atoms with van der Waals surface area (Å²) in [5.41, 5.74) is 0.844. The van der Waals surface area contributed by atoms with Crippen LogP contribution in [0, 0.1) is 5.82 Å². The molecule has 1 fully saturated rings. The summed E-state index contributed by atoms with van der Waals surface area (Å²) in [7, 11) is -0.907. The lowest BCUT2D eigenvalue weighted by Crippen LogP contribution is -2.46. The van der Waals surface area contributed by atoms with Crippen molar-refractivity contribution in [2.24, 2.45) is 0 Å². The van der Waals surface area contributed by atoms with E-state index in [1.807, 2.05) is 4.31 Å². The highest BCUT2D eigenvalue weighted by Crippen LogP contribution is 2.18. The first kappa shape index (κ1) is 13.5. The smallest absolute Gasteiger partial charge is 0.165 e. The number of rotatable bonds is 3. The molecule has 1 aliphatic heterocycles. The van der Waals surface area contributed by atoms with Gasteiger partial charge in [0.05, 0.1) is 11.0 Å². The van der Waals surface area contributed by atoms with E-state index in [0.29, 0.717) is 6.54 Å². The second-order valence-corrected chi connectivity index (χ2v) is 5.78. The average molecular weight is 272 g/mol. The predicted octanol–water partition coefficient (Wildman–Crippen LogP) is 0.942. The van der Waals surface area contributed by atoms with Gasteiger partial charge in [0.1, 0.15) is 0 Å². The van der Waals surface area contributed by atoms with Gasteiger partial charge >= 0.3 is 0 Å². The van der Waals surface area contributed by atoms with E-state index >= 15 is 0 Å². The number of piperazine rings is 1. The van der Waals surface area contributed by atoms with Gasteiger partial charge in [-0.1, -0.05) is 6.07 Å². The van der Waals surface area contributed by atoms with Gasteiger partial charge in [-0.3, -0.25) is 4.90 Å². The Balaban J connectivity index is 1.91. The van der Waals surface area contributed by atoms with Crippen molar-refractivity contribution in [1.29, 1.82) is 0 Å². The molecule has 4 nitrogen and oxygen atoms in total. The molecule has 0 spiro atoms. The van der Waals surface area contributed by atoms with Crippen molar-refractivity contribution in [2.75, 3.05) is 32.4 Å². The van der Waals surface area contributed by atoms with Gasteiger partial charge in [-0.05, 0) is 17.7 Å². The maximum absolute atomic E-state index is 13.2. The van der Waals surface area contributed by atoms with E-state index in [9.17, 15) is 8.60 Å². The third-order valence-electron chi connectivity index (χ3n) is 3.11. The van der Waals surface area contributed by atoms with Gasteiger partial charge in [0.25, 0.3) is 0 Å². The quantitative estimate of drug-likeness (QED) is 0.890. The summed E-state index contributed by atoms with van der Waals surface area (Å²) < 4.78 is 26.4. The van der Waals surface area contributed by atoms with Crippen LogP contribution in [0.15, 0.2) is 18.2 Å². The molecule has 1 heterocycles. The number of benzene rings is 1. The van der Waals surface area contributed by atoms with Crippen molar-refractivity contribution < 1.29 is 13.7 Å². The molecule has 1 aromatic carbocycles. The topological polar surface area (TPSA) is 43.8 Å². The lowest BCUT2D eigenvalue weighted by molar-refractivity contribution is 0.186. The van der Waals surface area contributed by atoms with Gasteiger partial charge in [0.2, 0.25) is 0 Å². The lowest BCUT2D eigenvalue weighted by Gasteiger charge is -2.33. The summed E-state index contributed by atoms with van der Waals surface area (Å²) in [6.07, 6.45) is 1.69. The molecular formula is C12H17FN2O2S.